The Bertz CT molecular complexity index is 1190. The van der Waals surface area contributed by atoms with Crippen molar-refractivity contribution in [2.75, 3.05) is 12.4 Å². The quantitative estimate of drug-likeness (QED) is 0.518. The van der Waals surface area contributed by atoms with E-state index >= 15 is 0 Å². The normalized spacial score (nSPS) is 16.1. The summed E-state index contributed by atoms with van der Waals surface area (Å²) in [5.74, 6) is 1.72. The van der Waals surface area contributed by atoms with Gasteiger partial charge in [0.15, 0.2) is 11.6 Å². The summed E-state index contributed by atoms with van der Waals surface area (Å²) in [5.41, 5.74) is 3.37. The summed E-state index contributed by atoms with van der Waals surface area (Å²) in [6, 6.07) is 15.6. The molecule has 2 aromatic carbocycles. The number of para-hydroxylation sites is 1. The maximum Gasteiger partial charge on any atom is 0.211 e. The summed E-state index contributed by atoms with van der Waals surface area (Å²) in [6.07, 6.45) is 1.33. The maximum absolute atomic E-state index is 12.9. The van der Waals surface area contributed by atoms with Crippen LogP contribution in [0.2, 0.25) is 0 Å². The first-order valence-corrected chi connectivity index (χ1v) is 10.4. The Balaban J connectivity index is 1.64. The summed E-state index contributed by atoms with van der Waals surface area (Å²) < 4.78 is 8.25. The summed E-state index contributed by atoms with van der Waals surface area (Å²) in [6.45, 7) is 2.10. The van der Waals surface area contributed by atoms with Crippen LogP contribution in [0.5, 0.6) is 5.75 Å². The summed E-state index contributed by atoms with van der Waals surface area (Å²) in [4.78, 5) is 17.7. The third-order valence-corrected chi connectivity index (χ3v) is 6.14. The lowest BCUT2D eigenvalue weighted by Crippen LogP contribution is -2.19. The number of methoxy groups -OCH3 is 1. The number of rotatable bonds is 4. The van der Waals surface area contributed by atoms with Crippen LogP contribution in [0, 0.1) is 5.92 Å². The molecule has 0 radical (unpaired) electrons. The molecule has 29 heavy (non-hydrogen) atoms. The molecule has 0 saturated heterocycles. The van der Waals surface area contributed by atoms with Crippen molar-refractivity contribution in [2.24, 2.45) is 5.92 Å². The number of ether oxygens (including phenoxy) is 1. The van der Waals surface area contributed by atoms with Crippen molar-refractivity contribution in [3.05, 3.63) is 59.8 Å². The third-order valence-electron chi connectivity index (χ3n) is 5.13. The first-order chi connectivity index (χ1) is 14.1. The molecule has 0 amide bonds. The molecular weight excluding hydrogens is 384 g/mol. The Morgan fingerprint density at radius 2 is 2.03 bits per heavy atom. The van der Waals surface area contributed by atoms with E-state index in [1.165, 1.54) is 0 Å². The molecule has 0 saturated carbocycles. The van der Waals surface area contributed by atoms with Crippen LogP contribution < -0.4 is 10.1 Å². The molecule has 5 rings (SSSR count). The number of aromatic nitrogens is 3. The number of carbonyl (C=O) groups is 1. The van der Waals surface area contributed by atoms with Crippen LogP contribution in [0.3, 0.4) is 0 Å². The molecule has 1 unspecified atom stereocenters. The highest BCUT2D eigenvalue weighted by atomic mass is 32.1. The van der Waals surface area contributed by atoms with Gasteiger partial charge < -0.3 is 10.1 Å². The van der Waals surface area contributed by atoms with E-state index in [2.05, 4.69) is 18.3 Å². The van der Waals surface area contributed by atoms with Crippen LogP contribution in [-0.2, 0) is 6.42 Å². The van der Waals surface area contributed by atoms with Crippen molar-refractivity contribution in [3.63, 3.8) is 0 Å². The van der Waals surface area contributed by atoms with Gasteiger partial charge in [-0.3, -0.25) is 4.79 Å². The van der Waals surface area contributed by atoms with Crippen molar-refractivity contribution < 1.29 is 9.53 Å². The van der Waals surface area contributed by atoms with E-state index in [1.54, 1.807) is 18.4 Å². The van der Waals surface area contributed by atoms with Crippen molar-refractivity contribution in [2.45, 2.75) is 19.8 Å². The number of Topliss-reactive ketones (excluding diaryl/α,β-unsaturated/α-hetero) is 1. The minimum atomic E-state index is 0.122. The van der Waals surface area contributed by atoms with E-state index in [0.29, 0.717) is 17.8 Å². The standard InChI is InChI=1S/C22H20N4O2S/c1-13-10-17-20(18(27)11-13)21(23-14-6-5-7-15(12-14)28-2)25-26(17)22-24-16-8-3-4-9-19(16)29-22/h3-9,12-13H,10-11H2,1-2H3,(H,23,25). The zero-order valence-electron chi connectivity index (χ0n) is 16.2. The highest BCUT2D eigenvalue weighted by Gasteiger charge is 2.32. The number of hydrogen-bond acceptors (Lipinski definition) is 6. The van der Waals surface area contributed by atoms with Gasteiger partial charge in [-0.15, -0.1) is 5.10 Å². The van der Waals surface area contributed by atoms with Gasteiger partial charge in [0.25, 0.3) is 0 Å². The minimum absolute atomic E-state index is 0.122. The molecule has 7 heteroatoms. The van der Waals surface area contributed by atoms with Crippen molar-refractivity contribution >= 4 is 38.8 Å². The molecule has 1 aliphatic rings. The molecule has 1 aliphatic carbocycles. The van der Waals surface area contributed by atoms with Gasteiger partial charge in [0.05, 0.1) is 28.6 Å². The van der Waals surface area contributed by atoms with Gasteiger partial charge in [0.2, 0.25) is 5.13 Å². The van der Waals surface area contributed by atoms with Crippen molar-refractivity contribution in [1.29, 1.82) is 0 Å². The number of nitrogens with zero attached hydrogens (tertiary/aromatic N) is 3. The Hall–Kier alpha value is -3.19. The van der Waals surface area contributed by atoms with E-state index in [0.717, 1.165) is 38.9 Å². The summed E-state index contributed by atoms with van der Waals surface area (Å²) in [7, 11) is 1.63. The fourth-order valence-electron chi connectivity index (χ4n) is 3.79. The average molecular weight is 404 g/mol. The molecular formula is C22H20N4O2S. The van der Waals surface area contributed by atoms with Gasteiger partial charge >= 0.3 is 0 Å². The van der Waals surface area contributed by atoms with E-state index in [1.807, 2.05) is 47.1 Å². The van der Waals surface area contributed by atoms with Crippen LogP contribution in [0.1, 0.15) is 29.4 Å². The Morgan fingerprint density at radius 3 is 2.86 bits per heavy atom. The van der Waals surface area contributed by atoms with Crippen LogP contribution >= 0.6 is 11.3 Å². The van der Waals surface area contributed by atoms with Gasteiger partial charge in [0, 0.05) is 18.2 Å². The molecule has 6 nitrogen and oxygen atoms in total. The fraction of sp³-hybridized carbons (Fsp3) is 0.227. The van der Waals surface area contributed by atoms with E-state index in [4.69, 9.17) is 14.8 Å². The predicted molar refractivity (Wildman–Crippen MR) is 115 cm³/mol. The number of anilines is 2. The van der Waals surface area contributed by atoms with Crippen LogP contribution in [0.4, 0.5) is 11.5 Å². The molecule has 0 bridgehead atoms. The van der Waals surface area contributed by atoms with Crippen LogP contribution in [0.25, 0.3) is 15.3 Å². The Labute approximate surface area is 172 Å². The second kappa shape index (κ2) is 7.00. The second-order valence-corrected chi connectivity index (χ2v) is 8.35. The van der Waals surface area contributed by atoms with Gasteiger partial charge in [-0.25, -0.2) is 9.67 Å². The molecule has 1 N–H and O–H groups in total. The number of thiazole rings is 1. The zero-order valence-corrected chi connectivity index (χ0v) is 17.0. The molecule has 0 aliphatic heterocycles. The SMILES string of the molecule is COc1cccc(Nc2nn(-c3nc4ccccc4s3)c3c2C(=O)CC(C)C3)c1. The van der Waals surface area contributed by atoms with Crippen LogP contribution in [-0.4, -0.2) is 27.7 Å². The highest BCUT2D eigenvalue weighted by Crippen LogP contribution is 2.35. The Morgan fingerprint density at radius 1 is 1.17 bits per heavy atom. The lowest BCUT2D eigenvalue weighted by molar-refractivity contribution is 0.0953. The van der Waals surface area contributed by atoms with Crippen LogP contribution in [0.15, 0.2) is 48.5 Å². The summed E-state index contributed by atoms with van der Waals surface area (Å²) in [5, 5.41) is 8.89. The molecule has 0 spiro atoms. The Kier molecular flexibility index (Phi) is 4.32. The highest BCUT2D eigenvalue weighted by molar-refractivity contribution is 7.20. The van der Waals surface area contributed by atoms with Gasteiger partial charge in [-0.2, -0.15) is 0 Å². The lowest BCUT2D eigenvalue weighted by atomic mass is 9.88. The van der Waals surface area contributed by atoms with Crippen molar-refractivity contribution in [3.8, 4) is 10.9 Å². The van der Waals surface area contributed by atoms with Crippen molar-refractivity contribution in [1.82, 2.24) is 14.8 Å². The smallest absolute Gasteiger partial charge is 0.211 e. The number of ketones is 1. The zero-order chi connectivity index (χ0) is 20.0. The molecule has 146 valence electrons. The largest absolute Gasteiger partial charge is 0.497 e. The summed E-state index contributed by atoms with van der Waals surface area (Å²) >= 11 is 1.58. The topological polar surface area (TPSA) is 69.0 Å². The number of carbonyl (C=O) groups excluding carboxylic acids is 1. The predicted octanol–water partition coefficient (Wildman–Crippen LogP) is 5.00. The number of benzene rings is 2. The fourth-order valence-corrected chi connectivity index (χ4v) is 4.73. The molecule has 4 aromatic rings. The minimum Gasteiger partial charge on any atom is -0.497 e. The number of fused-ring (bicyclic) bond motifs is 2. The average Bonchev–Trinajstić information content (AvgIpc) is 3.29. The lowest BCUT2D eigenvalue weighted by Gasteiger charge is -2.18. The monoisotopic (exact) mass is 404 g/mol. The number of nitrogens with one attached hydrogen (secondary N) is 1. The first-order valence-electron chi connectivity index (χ1n) is 9.54. The first kappa shape index (κ1) is 17.9. The molecule has 0 fully saturated rings. The molecule has 2 aromatic heterocycles. The molecule has 2 heterocycles. The number of hydrogen-bond donors (Lipinski definition) is 1. The van der Waals surface area contributed by atoms with E-state index < -0.39 is 0 Å². The molecule has 1 atom stereocenters. The third kappa shape index (κ3) is 3.17. The van der Waals surface area contributed by atoms with Gasteiger partial charge in [-0.05, 0) is 36.6 Å². The van der Waals surface area contributed by atoms with Gasteiger partial charge in [0.1, 0.15) is 5.75 Å². The van der Waals surface area contributed by atoms with Gasteiger partial charge in [-0.1, -0.05) is 36.5 Å². The second-order valence-electron chi connectivity index (χ2n) is 7.34. The van der Waals surface area contributed by atoms with E-state index in [9.17, 15) is 4.79 Å². The van der Waals surface area contributed by atoms with E-state index in [-0.39, 0.29) is 11.7 Å². The maximum atomic E-state index is 12.9.